The number of ether oxygens (including phenoxy) is 2. The van der Waals surface area contributed by atoms with Crippen LogP contribution in [0.5, 0.6) is 0 Å². The number of carbonyl (C=O) groups excluding carboxylic acids is 2. The minimum Gasteiger partial charge on any atom is -0.347 e. The highest BCUT2D eigenvalue weighted by molar-refractivity contribution is 5.97. The molecule has 188 valence electrons. The fraction of sp³-hybridized carbons (Fsp3) is 0.444. The van der Waals surface area contributed by atoms with Gasteiger partial charge >= 0.3 is 0 Å². The van der Waals surface area contributed by atoms with E-state index < -0.39 is 5.79 Å². The van der Waals surface area contributed by atoms with Gasteiger partial charge < -0.3 is 23.8 Å². The average Bonchev–Trinajstić information content (AvgIpc) is 3.70. The molecule has 3 saturated heterocycles. The second-order valence-electron chi connectivity index (χ2n) is 9.72. The Morgan fingerprint density at radius 1 is 0.861 bits per heavy atom. The third kappa shape index (κ3) is 4.22. The van der Waals surface area contributed by atoms with E-state index in [1.165, 1.54) is 0 Å². The molecule has 3 aromatic rings. The van der Waals surface area contributed by atoms with Crippen LogP contribution >= 0.6 is 0 Å². The molecule has 5 heterocycles. The third-order valence-electron chi connectivity index (χ3n) is 7.61. The molecular weight excluding hydrogens is 458 g/mol. The van der Waals surface area contributed by atoms with Crippen LogP contribution in [-0.2, 0) is 14.3 Å². The van der Waals surface area contributed by atoms with Crippen LogP contribution < -0.4 is 0 Å². The number of nitrogens with zero attached hydrogens (tertiary/aromatic N) is 5. The first-order valence-corrected chi connectivity index (χ1v) is 12.8. The number of likely N-dealkylation sites (tertiary alicyclic amines) is 2. The van der Waals surface area contributed by atoms with Gasteiger partial charge in [0.25, 0.3) is 5.91 Å². The highest BCUT2D eigenvalue weighted by atomic mass is 16.7. The fourth-order valence-corrected chi connectivity index (χ4v) is 5.59. The first-order valence-electron chi connectivity index (χ1n) is 12.8. The minimum atomic E-state index is -0.478. The van der Waals surface area contributed by atoms with Crippen molar-refractivity contribution in [3.05, 3.63) is 66.6 Å². The SMILES string of the molecule is O=C(c1cnn(-c2ccccc2)c1-n1cccc1)N1CCC(C(=O)N2CCC3(CC2)OCCO3)CC1. The van der Waals surface area contributed by atoms with Crippen LogP contribution in [0.1, 0.15) is 36.0 Å². The quantitative estimate of drug-likeness (QED) is 0.563. The molecule has 3 aliphatic heterocycles. The molecule has 2 amide bonds. The molecule has 2 aromatic heterocycles. The number of piperidine rings is 2. The van der Waals surface area contributed by atoms with E-state index in [1.807, 2.05) is 69.2 Å². The van der Waals surface area contributed by atoms with Crippen molar-refractivity contribution >= 4 is 11.8 Å². The zero-order chi connectivity index (χ0) is 24.5. The smallest absolute Gasteiger partial charge is 0.259 e. The Bertz CT molecular complexity index is 1200. The normalized spacial score (nSPS) is 20.2. The van der Waals surface area contributed by atoms with Crippen molar-refractivity contribution in [1.82, 2.24) is 24.1 Å². The number of para-hydroxylation sites is 1. The number of carbonyl (C=O) groups is 2. The summed E-state index contributed by atoms with van der Waals surface area (Å²) in [7, 11) is 0. The van der Waals surface area contributed by atoms with E-state index in [2.05, 4.69) is 5.10 Å². The van der Waals surface area contributed by atoms with E-state index in [4.69, 9.17) is 9.47 Å². The standard InChI is InChI=1S/C27H31N5O4/c33-25(31-16-10-27(11-17-31)35-18-19-36-27)21-8-14-30(15-9-21)26(34)23-20-28-32(22-6-2-1-3-7-22)24(23)29-12-4-5-13-29/h1-7,12-13,20-21H,8-11,14-19H2. The van der Waals surface area contributed by atoms with Crippen molar-refractivity contribution < 1.29 is 19.1 Å². The summed E-state index contributed by atoms with van der Waals surface area (Å²) in [4.78, 5) is 30.6. The molecule has 0 radical (unpaired) electrons. The predicted octanol–water partition coefficient (Wildman–Crippen LogP) is 2.88. The van der Waals surface area contributed by atoms with Crippen LogP contribution in [-0.4, -0.2) is 81.1 Å². The van der Waals surface area contributed by atoms with E-state index in [0.29, 0.717) is 63.6 Å². The molecule has 0 N–H and O–H groups in total. The van der Waals surface area contributed by atoms with Gasteiger partial charge in [-0.15, -0.1) is 0 Å². The van der Waals surface area contributed by atoms with Gasteiger partial charge in [-0.25, -0.2) is 4.68 Å². The molecule has 36 heavy (non-hydrogen) atoms. The average molecular weight is 490 g/mol. The molecule has 0 saturated carbocycles. The molecule has 1 spiro atoms. The maximum Gasteiger partial charge on any atom is 0.259 e. The molecule has 0 unspecified atom stereocenters. The van der Waals surface area contributed by atoms with Crippen molar-refractivity contribution in [2.75, 3.05) is 39.4 Å². The van der Waals surface area contributed by atoms with Crippen LogP contribution in [0.3, 0.4) is 0 Å². The van der Waals surface area contributed by atoms with Crippen molar-refractivity contribution in [1.29, 1.82) is 0 Å². The summed E-state index contributed by atoms with van der Waals surface area (Å²) in [5, 5.41) is 4.56. The molecule has 3 aliphatic rings. The van der Waals surface area contributed by atoms with E-state index in [9.17, 15) is 9.59 Å². The van der Waals surface area contributed by atoms with Gasteiger partial charge in [-0.3, -0.25) is 9.59 Å². The van der Waals surface area contributed by atoms with E-state index >= 15 is 0 Å². The van der Waals surface area contributed by atoms with Gasteiger partial charge in [-0.05, 0) is 37.1 Å². The van der Waals surface area contributed by atoms with Gasteiger partial charge in [-0.2, -0.15) is 5.10 Å². The first-order chi connectivity index (χ1) is 17.6. The summed E-state index contributed by atoms with van der Waals surface area (Å²) in [5.41, 5.74) is 1.44. The summed E-state index contributed by atoms with van der Waals surface area (Å²) in [6.07, 6.45) is 8.28. The van der Waals surface area contributed by atoms with Gasteiger partial charge in [0.2, 0.25) is 5.91 Å². The van der Waals surface area contributed by atoms with Crippen LogP contribution in [0.2, 0.25) is 0 Å². The van der Waals surface area contributed by atoms with E-state index in [0.717, 1.165) is 18.5 Å². The Labute approximate surface area is 210 Å². The largest absolute Gasteiger partial charge is 0.347 e. The summed E-state index contributed by atoms with van der Waals surface area (Å²) in [5.74, 6) is 0.327. The van der Waals surface area contributed by atoms with Crippen LogP contribution in [0.4, 0.5) is 0 Å². The summed E-state index contributed by atoms with van der Waals surface area (Å²) < 4.78 is 15.3. The van der Waals surface area contributed by atoms with Gasteiger partial charge in [0.15, 0.2) is 11.6 Å². The number of aromatic nitrogens is 3. The van der Waals surface area contributed by atoms with Gasteiger partial charge in [0.05, 0.1) is 25.1 Å². The molecule has 3 fully saturated rings. The van der Waals surface area contributed by atoms with E-state index in [-0.39, 0.29) is 17.7 Å². The lowest BCUT2D eigenvalue weighted by Gasteiger charge is -2.40. The molecule has 1 aromatic carbocycles. The van der Waals surface area contributed by atoms with Crippen molar-refractivity contribution in [3.63, 3.8) is 0 Å². The van der Waals surface area contributed by atoms with Crippen LogP contribution in [0, 0.1) is 5.92 Å². The van der Waals surface area contributed by atoms with Gasteiger partial charge in [-0.1, -0.05) is 18.2 Å². The molecule has 0 aliphatic carbocycles. The van der Waals surface area contributed by atoms with E-state index in [1.54, 1.807) is 10.9 Å². The van der Waals surface area contributed by atoms with Gasteiger partial charge in [0.1, 0.15) is 5.56 Å². The number of hydrogen-bond acceptors (Lipinski definition) is 5. The van der Waals surface area contributed by atoms with Gasteiger partial charge in [0, 0.05) is 57.3 Å². The third-order valence-corrected chi connectivity index (χ3v) is 7.61. The maximum atomic E-state index is 13.6. The Kier molecular flexibility index (Phi) is 6.10. The summed E-state index contributed by atoms with van der Waals surface area (Å²) in [6, 6.07) is 13.7. The number of rotatable bonds is 4. The lowest BCUT2D eigenvalue weighted by Crippen LogP contribution is -2.50. The molecular formula is C27H31N5O4. The highest BCUT2D eigenvalue weighted by Gasteiger charge is 2.42. The Morgan fingerprint density at radius 2 is 1.53 bits per heavy atom. The number of benzene rings is 1. The Morgan fingerprint density at radius 3 is 2.19 bits per heavy atom. The zero-order valence-electron chi connectivity index (χ0n) is 20.3. The summed E-state index contributed by atoms with van der Waals surface area (Å²) >= 11 is 0. The second-order valence-corrected chi connectivity index (χ2v) is 9.72. The van der Waals surface area contributed by atoms with Crippen LogP contribution in [0.15, 0.2) is 61.1 Å². The fourth-order valence-electron chi connectivity index (χ4n) is 5.59. The number of hydrogen-bond donors (Lipinski definition) is 0. The minimum absolute atomic E-state index is 0.0514. The summed E-state index contributed by atoms with van der Waals surface area (Å²) in [6.45, 7) is 3.71. The van der Waals surface area contributed by atoms with Crippen LogP contribution in [0.25, 0.3) is 11.5 Å². The predicted molar refractivity (Wildman–Crippen MR) is 132 cm³/mol. The maximum absolute atomic E-state index is 13.6. The lowest BCUT2D eigenvalue weighted by molar-refractivity contribution is -0.188. The number of amides is 2. The Balaban J connectivity index is 1.13. The van der Waals surface area contributed by atoms with Crippen molar-refractivity contribution in [2.24, 2.45) is 5.92 Å². The molecule has 6 rings (SSSR count). The Hall–Kier alpha value is -3.43. The molecule has 9 heteroatoms. The second kappa shape index (κ2) is 9.55. The lowest BCUT2D eigenvalue weighted by atomic mass is 9.93. The highest BCUT2D eigenvalue weighted by Crippen LogP contribution is 2.33. The molecule has 0 bridgehead atoms. The first kappa shape index (κ1) is 23.0. The molecule has 0 atom stereocenters. The van der Waals surface area contributed by atoms with Crippen molar-refractivity contribution in [3.8, 4) is 11.5 Å². The van der Waals surface area contributed by atoms with Crippen molar-refractivity contribution in [2.45, 2.75) is 31.5 Å². The zero-order valence-corrected chi connectivity index (χ0v) is 20.3. The topological polar surface area (TPSA) is 81.8 Å². The molecule has 9 nitrogen and oxygen atoms in total. The monoisotopic (exact) mass is 489 g/mol.